The molecular weight excluding hydrogens is 450 g/mol. The number of nitrogens with zero attached hydrogens (tertiary/aromatic N) is 2. The molecule has 7 nitrogen and oxygen atoms in total. The summed E-state index contributed by atoms with van der Waals surface area (Å²) in [6.45, 7) is 7.48. The Balaban J connectivity index is 1.73. The molecule has 4 aromatic rings. The van der Waals surface area contributed by atoms with E-state index in [2.05, 4.69) is 9.97 Å². The van der Waals surface area contributed by atoms with E-state index < -0.39 is 0 Å². The molecule has 174 valence electrons. The van der Waals surface area contributed by atoms with E-state index >= 15 is 0 Å². The van der Waals surface area contributed by atoms with Crippen LogP contribution in [0.2, 0.25) is 0 Å². The van der Waals surface area contributed by atoms with E-state index in [1.807, 2.05) is 13.0 Å². The molecule has 2 aromatic heterocycles. The van der Waals surface area contributed by atoms with Crippen molar-refractivity contribution in [3.63, 3.8) is 0 Å². The molecule has 0 saturated heterocycles. The number of ketones is 2. The number of carbonyl (C=O) groups excluding carboxylic acids is 2. The number of hydrogen-bond acceptors (Lipinski definition) is 6. The van der Waals surface area contributed by atoms with Crippen LogP contribution in [0.1, 0.15) is 46.0 Å². The number of aromatic amines is 1. The highest BCUT2D eigenvalue weighted by molar-refractivity contribution is 7.99. The van der Waals surface area contributed by atoms with Crippen molar-refractivity contribution in [2.24, 2.45) is 0 Å². The summed E-state index contributed by atoms with van der Waals surface area (Å²) in [4.78, 5) is 46.1. The van der Waals surface area contributed by atoms with E-state index in [0.717, 1.165) is 0 Å². The maximum absolute atomic E-state index is 13.4. The number of H-pyrrole nitrogens is 1. The predicted molar refractivity (Wildman–Crippen MR) is 134 cm³/mol. The van der Waals surface area contributed by atoms with Crippen molar-refractivity contribution < 1.29 is 14.3 Å². The summed E-state index contributed by atoms with van der Waals surface area (Å²) in [7, 11) is 0. The second-order valence-corrected chi connectivity index (χ2v) is 8.81. The number of thioether (sulfide) groups is 1. The maximum atomic E-state index is 13.4. The minimum Gasteiger partial charge on any atom is -0.494 e. The molecule has 0 bridgehead atoms. The number of aryl methyl sites for hydroxylation is 1. The lowest BCUT2D eigenvalue weighted by molar-refractivity contribution is 0.101. The van der Waals surface area contributed by atoms with Gasteiger partial charge in [-0.2, -0.15) is 0 Å². The summed E-state index contributed by atoms with van der Waals surface area (Å²) in [6, 6.07) is 14.3. The zero-order chi connectivity index (χ0) is 24.4. The van der Waals surface area contributed by atoms with Crippen molar-refractivity contribution in [1.82, 2.24) is 14.5 Å². The summed E-state index contributed by atoms with van der Waals surface area (Å²) in [5.74, 6) is 0.508. The zero-order valence-electron chi connectivity index (χ0n) is 19.5. The fourth-order valence-electron chi connectivity index (χ4n) is 4.05. The van der Waals surface area contributed by atoms with Gasteiger partial charge in [0.2, 0.25) is 0 Å². The fourth-order valence-corrected chi connectivity index (χ4v) is 4.94. The van der Waals surface area contributed by atoms with Crippen LogP contribution in [0.15, 0.2) is 58.5 Å². The average molecular weight is 476 g/mol. The van der Waals surface area contributed by atoms with Crippen LogP contribution in [0.25, 0.3) is 16.6 Å². The number of carbonyl (C=O) groups is 2. The first kappa shape index (κ1) is 23.5. The Morgan fingerprint density at radius 1 is 1.09 bits per heavy atom. The van der Waals surface area contributed by atoms with E-state index in [-0.39, 0.29) is 22.9 Å². The van der Waals surface area contributed by atoms with Gasteiger partial charge in [-0.1, -0.05) is 23.9 Å². The lowest BCUT2D eigenvalue weighted by Crippen LogP contribution is -2.22. The Kier molecular flexibility index (Phi) is 6.70. The van der Waals surface area contributed by atoms with Crippen LogP contribution in [0.5, 0.6) is 5.75 Å². The number of fused-ring (bicyclic) bond motifs is 1. The first-order valence-corrected chi connectivity index (χ1v) is 11.9. The normalized spacial score (nSPS) is 11.1. The van der Waals surface area contributed by atoms with Gasteiger partial charge in [0.15, 0.2) is 16.7 Å². The maximum Gasteiger partial charge on any atom is 0.266 e. The summed E-state index contributed by atoms with van der Waals surface area (Å²) in [5.41, 5.74) is 3.26. The minimum absolute atomic E-state index is 0.0555. The van der Waals surface area contributed by atoms with Gasteiger partial charge in [0.1, 0.15) is 5.75 Å². The number of hydrogen-bond donors (Lipinski definition) is 1. The molecule has 1 N–H and O–H groups in total. The molecule has 8 heteroatoms. The van der Waals surface area contributed by atoms with Gasteiger partial charge in [-0.05, 0) is 69.7 Å². The Hall–Kier alpha value is -3.65. The SMILES string of the molecule is CCOc1ccc(-n2c(SCC(=O)c3[nH]c(C)c(C(C)=O)c3C)nc3ccccc3c2=O)cc1. The van der Waals surface area contributed by atoms with Crippen molar-refractivity contribution >= 4 is 34.2 Å². The minimum atomic E-state index is -0.213. The highest BCUT2D eigenvalue weighted by atomic mass is 32.2. The van der Waals surface area contributed by atoms with Gasteiger partial charge in [-0.3, -0.25) is 19.0 Å². The van der Waals surface area contributed by atoms with E-state index in [4.69, 9.17) is 4.74 Å². The smallest absolute Gasteiger partial charge is 0.266 e. The third-order valence-electron chi connectivity index (χ3n) is 5.55. The van der Waals surface area contributed by atoms with Crippen molar-refractivity contribution in [2.75, 3.05) is 12.4 Å². The number of para-hydroxylation sites is 1. The Bertz CT molecular complexity index is 1450. The largest absolute Gasteiger partial charge is 0.494 e. The van der Waals surface area contributed by atoms with Crippen LogP contribution in [0.3, 0.4) is 0 Å². The molecule has 0 aliphatic rings. The van der Waals surface area contributed by atoms with Crippen LogP contribution in [-0.2, 0) is 0 Å². The molecule has 0 radical (unpaired) electrons. The van der Waals surface area contributed by atoms with Crippen LogP contribution >= 0.6 is 11.8 Å². The first-order valence-electron chi connectivity index (χ1n) is 10.9. The molecule has 34 heavy (non-hydrogen) atoms. The molecule has 0 saturated carbocycles. The van der Waals surface area contributed by atoms with E-state index in [9.17, 15) is 14.4 Å². The number of nitrogens with one attached hydrogen (secondary N) is 1. The summed E-state index contributed by atoms with van der Waals surface area (Å²) < 4.78 is 7.03. The highest BCUT2D eigenvalue weighted by Crippen LogP contribution is 2.25. The zero-order valence-corrected chi connectivity index (χ0v) is 20.3. The second-order valence-electron chi connectivity index (χ2n) is 7.87. The average Bonchev–Trinajstić information content (AvgIpc) is 3.12. The molecule has 0 unspecified atom stereocenters. The van der Waals surface area contributed by atoms with Crippen LogP contribution in [0.4, 0.5) is 0 Å². The third kappa shape index (κ3) is 4.41. The molecule has 2 heterocycles. The molecule has 0 fully saturated rings. The number of aromatic nitrogens is 3. The number of ether oxygens (including phenoxy) is 1. The topological polar surface area (TPSA) is 94.1 Å². The quantitative estimate of drug-likeness (QED) is 0.221. The number of rotatable bonds is 8. The molecule has 4 rings (SSSR count). The first-order chi connectivity index (χ1) is 16.3. The van der Waals surface area contributed by atoms with Gasteiger partial charge >= 0.3 is 0 Å². The lowest BCUT2D eigenvalue weighted by atomic mass is 10.1. The lowest BCUT2D eigenvalue weighted by Gasteiger charge is -2.13. The van der Waals surface area contributed by atoms with Crippen LogP contribution in [-0.4, -0.2) is 38.5 Å². The Morgan fingerprint density at radius 2 is 1.79 bits per heavy atom. The molecule has 0 atom stereocenters. The molecule has 0 spiro atoms. The summed E-state index contributed by atoms with van der Waals surface area (Å²) >= 11 is 1.19. The molecular formula is C26H25N3O4S. The summed E-state index contributed by atoms with van der Waals surface area (Å²) in [6.07, 6.45) is 0. The van der Waals surface area contributed by atoms with Crippen molar-refractivity contribution in [1.29, 1.82) is 0 Å². The Labute approximate surface area is 201 Å². The predicted octanol–water partition coefficient (Wildman–Crippen LogP) is 4.91. The van der Waals surface area contributed by atoms with E-state index in [0.29, 0.717) is 56.6 Å². The molecule has 0 amide bonds. The van der Waals surface area contributed by atoms with Crippen molar-refractivity contribution in [3.8, 4) is 11.4 Å². The standard InChI is InChI=1S/C26H25N3O4S/c1-5-33-19-12-10-18(11-13-19)29-25(32)20-8-6-7-9-21(20)28-26(29)34-14-22(31)24-15(2)23(17(4)30)16(3)27-24/h6-13,27H,5,14H2,1-4H3. The third-order valence-corrected chi connectivity index (χ3v) is 6.49. The fraction of sp³-hybridized carbons (Fsp3) is 0.231. The molecule has 2 aromatic carbocycles. The molecule has 0 aliphatic carbocycles. The van der Waals surface area contributed by atoms with Gasteiger partial charge in [-0.15, -0.1) is 0 Å². The van der Waals surface area contributed by atoms with Gasteiger partial charge in [0.25, 0.3) is 5.56 Å². The number of benzene rings is 2. The van der Waals surface area contributed by atoms with Gasteiger partial charge in [0, 0.05) is 11.3 Å². The summed E-state index contributed by atoms with van der Waals surface area (Å²) in [5, 5.41) is 0.905. The van der Waals surface area contributed by atoms with Crippen LogP contribution < -0.4 is 10.3 Å². The van der Waals surface area contributed by atoms with Crippen LogP contribution in [0, 0.1) is 13.8 Å². The Morgan fingerprint density at radius 3 is 2.44 bits per heavy atom. The van der Waals surface area contributed by atoms with Gasteiger partial charge in [-0.25, -0.2) is 4.98 Å². The van der Waals surface area contributed by atoms with Crippen molar-refractivity contribution in [3.05, 3.63) is 81.4 Å². The van der Waals surface area contributed by atoms with E-state index in [1.54, 1.807) is 56.3 Å². The monoisotopic (exact) mass is 475 g/mol. The van der Waals surface area contributed by atoms with Gasteiger partial charge < -0.3 is 9.72 Å². The van der Waals surface area contributed by atoms with E-state index in [1.165, 1.54) is 23.3 Å². The second kappa shape index (κ2) is 9.69. The van der Waals surface area contributed by atoms with Crippen molar-refractivity contribution in [2.45, 2.75) is 32.9 Å². The number of Topliss-reactive ketones (excluding diaryl/α,β-unsaturated/α-hetero) is 2. The van der Waals surface area contributed by atoms with Gasteiger partial charge in [0.05, 0.1) is 34.6 Å². The highest BCUT2D eigenvalue weighted by Gasteiger charge is 2.21. The molecule has 0 aliphatic heterocycles.